The summed E-state index contributed by atoms with van der Waals surface area (Å²) in [4.78, 5) is 28.4. The summed E-state index contributed by atoms with van der Waals surface area (Å²) in [5, 5.41) is 2.87. The third kappa shape index (κ3) is 5.76. The molecule has 0 spiro atoms. The molecule has 1 fully saturated rings. The number of carbonyl (C=O) groups is 2. The molecule has 1 N–H and O–H groups in total. The summed E-state index contributed by atoms with van der Waals surface area (Å²) in [5.74, 6) is 0.378. The predicted molar refractivity (Wildman–Crippen MR) is 127 cm³/mol. The summed E-state index contributed by atoms with van der Waals surface area (Å²) >= 11 is 0. The Balaban J connectivity index is 1.26. The summed E-state index contributed by atoms with van der Waals surface area (Å²) in [6, 6.07) is 26.5. The highest BCUT2D eigenvalue weighted by atomic mass is 16.6. The molecule has 3 aromatic carbocycles. The lowest BCUT2D eigenvalue weighted by atomic mass is 10.2. The molecule has 1 aliphatic rings. The van der Waals surface area contributed by atoms with Gasteiger partial charge < -0.3 is 19.9 Å². The second-order valence-corrected chi connectivity index (χ2v) is 7.44. The average molecular weight is 428 g/mol. The van der Waals surface area contributed by atoms with Gasteiger partial charge in [0.05, 0.1) is 0 Å². The number of hydrogen-bond donors (Lipinski definition) is 1. The van der Waals surface area contributed by atoms with Crippen LogP contribution in [0.1, 0.15) is 5.56 Å². The number of ether oxygens (including phenoxy) is 1. The van der Waals surface area contributed by atoms with Gasteiger partial charge in [0.2, 0.25) is 5.91 Å². The Labute approximate surface area is 187 Å². The highest BCUT2D eigenvalue weighted by Crippen LogP contribution is 2.20. The zero-order chi connectivity index (χ0) is 22.2. The van der Waals surface area contributed by atoms with Crippen LogP contribution in [0.25, 0.3) is 6.08 Å². The Morgan fingerprint density at radius 1 is 0.781 bits per heavy atom. The van der Waals surface area contributed by atoms with Crippen LogP contribution in [0, 0.1) is 0 Å². The SMILES string of the molecule is O=C(/C=C/c1ccccc1)Nc1ccc(N2CCN(C(=O)Oc3ccccc3)CC2)cc1. The maximum atomic E-state index is 12.3. The molecule has 162 valence electrons. The molecule has 1 aliphatic heterocycles. The maximum Gasteiger partial charge on any atom is 0.415 e. The molecule has 2 amide bonds. The van der Waals surface area contributed by atoms with Crippen molar-refractivity contribution in [3.8, 4) is 5.75 Å². The van der Waals surface area contributed by atoms with Gasteiger partial charge in [-0.3, -0.25) is 4.79 Å². The molecule has 0 saturated carbocycles. The molecule has 32 heavy (non-hydrogen) atoms. The second kappa shape index (κ2) is 10.3. The third-order valence-electron chi connectivity index (χ3n) is 5.21. The van der Waals surface area contributed by atoms with E-state index in [2.05, 4.69) is 10.2 Å². The van der Waals surface area contributed by atoms with Crippen molar-refractivity contribution < 1.29 is 14.3 Å². The Morgan fingerprint density at radius 3 is 2.06 bits per heavy atom. The number of piperazine rings is 1. The number of carbonyl (C=O) groups excluding carboxylic acids is 2. The van der Waals surface area contributed by atoms with Crippen molar-refractivity contribution >= 4 is 29.5 Å². The summed E-state index contributed by atoms with van der Waals surface area (Å²) in [6.07, 6.45) is 2.99. The number of amides is 2. The molecule has 0 aromatic heterocycles. The zero-order valence-electron chi connectivity index (χ0n) is 17.7. The Kier molecular flexibility index (Phi) is 6.82. The van der Waals surface area contributed by atoms with Crippen molar-refractivity contribution in [3.63, 3.8) is 0 Å². The number of rotatable bonds is 5. The van der Waals surface area contributed by atoms with Crippen LogP contribution in [0.2, 0.25) is 0 Å². The van der Waals surface area contributed by atoms with Crippen LogP contribution in [0.3, 0.4) is 0 Å². The molecule has 0 radical (unpaired) electrons. The van der Waals surface area contributed by atoms with Gasteiger partial charge in [0, 0.05) is 43.6 Å². The first-order valence-electron chi connectivity index (χ1n) is 10.6. The largest absolute Gasteiger partial charge is 0.415 e. The quantitative estimate of drug-likeness (QED) is 0.602. The number of para-hydroxylation sites is 1. The van der Waals surface area contributed by atoms with Crippen LogP contribution in [-0.4, -0.2) is 43.1 Å². The van der Waals surface area contributed by atoms with Gasteiger partial charge in [-0.25, -0.2) is 4.79 Å². The third-order valence-corrected chi connectivity index (χ3v) is 5.21. The molecule has 1 heterocycles. The van der Waals surface area contributed by atoms with E-state index in [4.69, 9.17) is 4.74 Å². The van der Waals surface area contributed by atoms with E-state index in [9.17, 15) is 9.59 Å². The van der Waals surface area contributed by atoms with Crippen molar-refractivity contribution in [1.82, 2.24) is 4.90 Å². The lowest BCUT2D eigenvalue weighted by Crippen LogP contribution is -2.49. The van der Waals surface area contributed by atoms with E-state index in [1.54, 1.807) is 23.1 Å². The van der Waals surface area contributed by atoms with Crippen molar-refractivity contribution in [2.24, 2.45) is 0 Å². The van der Waals surface area contributed by atoms with Gasteiger partial charge in [-0.1, -0.05) is 48.5 Å². The lowest BCUT2D eigenvalue weighted by Gasteiger charge is -2.35. The van der Waals surface area contributed by atoms with E-state index in [-0.39, 0.29) is 12.0 Å². The van der Waals surface area contributed by atoms with E-state index < -0.39 is 0 Å². The molecule has 6 nitrogen and oxygen atoms in total. The fourth-order valence-electron chi connectivity index (χ4n) is 3.48. The Bertz CT molecular complexity index is 1060. The molecule has 1 saturated heterocycles. The molecular weight excluding hydrogens is 402 g/mol. The molecule has 6 heteroatoms. The zero-order valence-corrected chi connectivity index (χ0v) is 17.7. The smallest absolute Gasteiger partial charge is 0.410 e. The van der Waals surface area contributed by atoms with Crippen LogP contribution < -0.4 is 15.0 Å². The van der Waals surface area contributed by atoms with Gasteiger partial charge in [0.1, 0.15) is 5.75 Å². The monoisotopic (exact) mass is 427 g/mol. The second-order valence-electron chi connectivity index (χ2n) is 7.44. The first kappa shape index (κ1) is 21.2. The predicted octanol–water partition coefficient (Wildman–Crippen LogP) is 4.66. The van der Waals surface area contributed by atoms with Crippen molar-refractivity contribution in [3.05, 3.63) is 96.6 Å². The van der Waals surface area contributed by atoms with E-state index in [1.807, 2.05) is 72.8 Å². The first-order valence-corrected chi connectivity index (χ1v) is 10.6. The van der Waals surface area contributed by atoms with E-state index in [0.717, 1.165) is 30.0 Å². The molecule has 3 aromatic rings. The van der Waals surface area contributed by atoms with Gasteiger partial charge in [0.15, 0.2) is 0 Å². The van der Waals surface area contributed by atoms with E-state index in [0.29, 0.717) is 18.8 Å². The summed E-state index contributed by atoms with van der Waals surface area (Å²) in [7, 11) is 0. The fraction of sp³-hybridized carbons (Fsp3) is 0.154. The summed E-state index contributed by atoms with van der Waals surface area (Å²) < 4.78 is 5.42. The number of anilines is 2. The standard InChI is InChI=1S/C26H25N3O3/c30-25(16-11-21-7-3-1-4-8-21)27-22-12-14-23(15-13-22)28-17-19-29(20-18-28)26(31)32-24-9-5-2-6-10-24/h1-16H,17-20H2,(H,27,30)/b16-11+. The average Bonchev–Trinajstić information content (AvgIpc) is 2.85. The Morgan fingerprint density at radius 2 is 1.41 bits per heavy atom. The minimum Gasteiger partial charge on any atom is -0.410 e. The number of nitrogens with one attached hydrogen (secondary N) is 1. The lowest BCUT2D eigenvalue weighted by molar-refractivity contribution is -0.111. The number of hydrogen-bond acceptors (Lipinski definition) is 4. The summed E-state index contributed by atoms with van der Waals surface area (Å²) in [6.45, 7) is 2.62. The van der Waals surface area contributed by atoms with E-state index in [1.165, 1.54) is 6.08 Å². The molecule has 4 rings (SSSR count). The van der Waals surface area contributed by atoms with Crippen molar-refractivity contribution in [1.29, 1.82) is 0 Å². The first-order chi connectivity index (χ1) is 15.7. The normalized spacial score (nSPS) is 13.8. The molecule has 0 aliphatic carbocycles. The number of benzene rings is 3. The van der Waals surface area contributed by atoms with Crippen LogP contribution in [0.15, 0.2) is 91.0 Å². The molecular formula is C26H25N3O3. The number of nitrogens with zero attached hydrogens (tertiary/aromatic N) is 2. The van der Waals surface area contributed by atoms with Crippen LogP contribution >= 0.6 is 0 Å². The van der Waals surface area contributed by atoms with E-state index >= 15 is 0 Å². The van der Waals surface area contributed by atoms with Gasteiger partial charge in [-0.2, -0.15) is 0 Å². The molecule has 0 bridgehead atoms. The van der Waals surface area contributed by atoms with Crippen molar-refractivity contribution in [2.45, 2.75) is 0 Å². The Hall–Kier alpha value is -4.06. The highest BCUT2D eigenvalue weighted by molar-refractivity contribution is 6.02. The van der Waals surface area contributed by atoms with Gasteiger partial charge in [-0.05, 0) is 48.0 Å². The van der Waals surface area contributed by atoms with Crippen LogP contribution in [0.4, 0.5) is 16.2 Å². The minimum atomic E-state index is -0.322. The van der Waals surface area contributed by atoms with Crippen LogP contribution in [-0.2, 0) is 4.79 Å². The van der Waals surface area contributed by atoms with Crippen LogP contribution in [0.5, 0.6) is 5.75 Å². The minimum absolute atomic E-state index is 0.174. The molecule has 0 atom stereocenters. The highest BCUT2D eigenvalue weighted by Gasteiger charge is 2.22. The summed E-state index contributed by atoms with van der Waals surface area (Å²) in [5.41, 5.74) is 2.77. The van der Waals surface area contributed by atoms with Gasteiger partial charge >= 0.3 is 6.09 Å². The molecule has 0 unspecified atom stereocenters. The maximum absolute atomic E-state index is 12.3. The van der Waals surface area contributed by atoms with Crippen molar-refractivity contribution in [2.75, 3.05) is 36.4 Å². The van der Waals surface area contributed by atoms with Gasteiger partial charge in [0.25, 0.3) is 0 Å². The fourth-order valence-corrected chi connectivity index (χ4v) is 3.48. The topological polar surface area (TPSA) is 61.9 Å². The van der Waals surface area contributed by atoms with Gasteiger partial charge in [-0.15, -0.1) is 0 Å².